The number of hydrogen-bond acceptors (Lipinski definition) is 2. The summed E-state index contributed by atoms with van der Waals surface area (Å²) in [4.78, 5) is 0. The lowest BCUT2D eigenvalue weighted by Gasteiger charge is -2.16. The van der Waals surface area contributed by atoms with Crippen LogP contribution in [0.15, 0.2) is 12.1 Å². The summed E-state index contributed by atoms with van der Waals surface area (Å²) in [6.07, 6.45) is 1.86. The molecule has 0 atom stereocenters. The van der Waals surface area contributed by atoms with Crippen LogP contribution in [0.1, 0.15) is 31.4 Å². The lowest BCUT2D eigenvalue weighted by Crippen LogP contribution is -2.19. The first-order valence-corrected chi connectivity index (χ1v) is 8.88. The molecule has 1 aromatic carbocycles. The molecule has 1 rings (SSSR count). The molecule has 0 bridgehead atoms. The van der Waals surface area contributed by atoms with E-state index in [9.17, 15) is 8.42 Å². The van der Waals surface area contributed by atoms with Crippen LogP contribution in [0, 0.1) is 0 Å². The third-order valence-electron chi connectivity index (χ3n) is 2.88. The van der Waals surface area contributed by atoms with Crippen molar-refractivity contribution in [2.75, 3.05) is 16.4 Å². The molecule has 19 heavy (non-hydrogen) atoms. The van der Waals surface area contributed by atoms with Gasteiger partial charge in [-0.1, -0.05) is 31.5 Å². The Balaban J connectivity index is 3.15. The first-order valence-electron chi connectivity index (χ1n) is 6.31. The Bertz CT molecular complexity index is 530. The first kappa shape index (κ1) is 16.6. The zero-order valence-corrected chi connectivity index (χ0v) is 13.5. The quantitative estimate of drug-likeness (QED) is 0.775. The van der Waals surface area contributed by atoms with Gasteiger partial charge in [0.05, 0.1) is 11.4 Å². The molecule has 108 valence electrons. The van der Waals surface area contributed by atoms with Crippen LogP contribution in [-0.4, -0.2) is 20.1 Å². The maximum Gasteiger partial charge on any atom is 0.232 e. The van der Waals surface area contributed by atoms with Crippen molar-refractivity contribution in [3.63, 3.8) is 0 Å². The number of halogens is 2. The molecule has 1 N–H and O–H groups in total. The highest BCUT2D eigenvalue weighted by molar-refractivity contribution is 7.92. The molecule has 0 amide bonds. The van der Waals surface area contributed by atoms with Gasteiger partial charge in [-0.3, -0.25) is 4.72 Å². The molecule has 0 aromatic heterocycles. The Hall–Kier alpha value is -0.450. The maximum absolute atomic E-state index is 12.0. The van der Waals surface area contributed by atoms with Crippen molar-refractivity contribution in [3.8, 4) is 0 Å². The van der Waals surface area contributed by atoms with E-state index >= 15 is 0 Å². The Labute approximate surface area is 125 Å². The van der Waals surface area contributed by atoms with Gasteiger partial charge >= 0.3 is 0 Å². The average Bonchev–Trinajstić information content (AvgIpc) is 2.37. The number of sulfonamides is 1. The highest BCUT2D eigenvalue weighted by Crippen LogP contribution is 2.30. The average molecular weight is 324 g/mol. The SMILES string of the molecule is CCc1ccc(Cl)c(CC)c1NS(=O)(=O)CCCCl. The summed E-state index contributed by atoms with van der Waals surface area (Å²) in [6, 6.07) is 3.68. The van der Waals surface area contributed by atoms with Gasteiger partial charge in [0.1, 0.15) is 0 Å². The van der Waals surface area contributed by atoms with Crippen LogP contribution in [-0.2, 0) is 22.9 Å². The normalized spacial score (nSPS) is 11.6. The van der Waals surface area contributed by atoms with Gasteiger partial charge in [0.25, 0.3) is 0 Å². The molecule has 0 heterocycles. The molecule has 1 aromatic rings. The maximum atomic E-state index is 12.0. The fourth-order valence-corrected chi connectivity index (χ4v) is 3.66. The van der Waals surface area contributed by atoms with Gasteiger partial charge < -0.3 is 0 Å². The summed E-state index contributed by atoms with van der Waals surface area (Å²) < 4.78 is 26.6. The van der Waals surface area contributed by atoms with E-state index in [1.807, 2.05) is 26.0 Å². The molecule has 0 fully saturated rings. The van der Waals surface area contributed by atoms with E-state index in [-0.39, 0.29) is 5.75 Å². The van der Waals surface area contributed by atoms with Gasteiger partial charge in [-0.2, -0.15) is 0 Å². The number of benzene rings is 1. The van der Waals surface area contributed by atoms with Gasteiger partial charge in [-0.05, 0) is 36.5 Å². The summed E-state index contributed by atoms with van der Waals surface area (Å²) in [5.41, 5.74) is 2.43. The number of aryl methyl sites for hydroxylation is 1. The summed E-state index contributed by atoms with van der Waals surface area (Å²) in [7, 11) is -3.37. The third-order valence-corrected chi connectivity index (χ3v) is 4.84. The molecule has 0 unspecified atom stereocenters. The van der Waals surface area contributed by atoms with Gasteiger partial charge in [-0.25, -0.2) is 8.42 Å². The van der Waals surface area contributed by atoms with E-state index in [4.69, 9.17) is 23.2 Å². The molecular weight excluding hydrogens is 305 g/mol. The second-order valence-corrected chi connectivity index (χ2v) is 6.86. The monoisotopic (exact) mass is 323 g/mol. The van der Waals surface area contributed by atoms with Crippen LogP contribution in [0.5, 0.6) is 0 Å². The van der Waals surface area contributed by atoms with E-state index in [0.29, 0.717) is 29.4 Å². The van der Waals surface area contributed by atoms with E-state index in [1.165, 1.54) is 0 Å². The third kappa shape index (κ3) is 4.55. The fraction of sp³-hybridized carbons (Fsp3) is 0.538. The first-order chi connectivity index (χ1) is 8.95. The van der Waals surface area contributed by atoms with Gasteiger partial charge in [0, 0.05) is 10.9 Å². The van der Waals surface area contributed by atoms with Crippen LogP contribution in [0.25, 0.3) is 0 Å². The second-order valence-electron chi connectivity index (χ2n) is 4.23. The molecule has 0 saturated heterocycles. The van der Waals surface area contributed by atoms with Crippen LogP contribution in [0.2, 0.25) is 5.02 Å². The van der Waals surface area contributed by atoms with Crippen molar-refractivity contribution in [1.82, 2.24) is 0 Å². The molecule has 3 nitrogen and oxygen atoms in total. The summed E-state index contributed by atoms with van der Waals surface area (Å²) >= 11 is 11.7. The number of alkyl halides is 1. The topological polar surface area (TPSA) is 46.2 Å². The molecule has 0 spiro atoms. The molecule has 0 radical (unpaired) electrons. The summed E-state index contributed by atoms with van der Waals surface area (Å²) in [5, 5.41) is 0.592. The lowest BCUT2D eigenvalue weighted by molar-refractivity contribution is 0.600. The van der Waals surface area contributed by atoms with Crippen molar-refractivity contribution >= 4 is 38.9 Å². The van der Waals surface area contributed by atoms with Gasteiger partial charge in [-0.15, -0.1) is 11.6 Å². The van der Waals surface area contributed by atoms with Crippen LogP contribution in [0.4, 0.5) is 5.69 Å². The van der Waals surface area contributed by atoms with E-state index in [1.54, 1.807) is 0 Å². The lowest BCUT2D eigenvalue weighted by atomic mass is 10.0. The zero-order chi connectivity index (χ0) is 14.5. The van der Waals surface area contributed by atoms with Crippen LogP contribution >= 0.6 is 23.2 Å². The molecule has 0 saturated carbocycles. The second kappa shape index (κ2) is 7.36. The van der Waals surface area contributed by atoms with Gasteiger partial charge in [0.15, 0.2) is 0 Å². The predicted octanol–water partition coefficient (Wildman–Crippen LogP) is 3.84. The Morgan fingerprint density at radius 3 is 2.42 bits per heavy atom. The Kier molecular flexibility index (Phi) is 6.43. The van der Waals surface area contributed by atoms with Gasteiger partial charge in [0.2, 0.25) is 10.0 Å². The molecule has 0 aliphatic heterocycles. The number of nitrogens with one attached hydrogen (secondary N) is 1. The molecular formula is C13H19Cl2NO2S. The largest absolute Gasteiger partial charge is 0.283 e. The highest BCUT2D eigenvalue weighted by Gasteiger charge is 2.16. The minimum absolute atomic E-state index is 0.0231. The van der Waals surface area contributed by atoms with Crippen molar-refractivity contribution < 1.29 is 8.42 Å². The van der Waals surface area contributed by atoms with Crippen molar-refractivity contribution in [3.05, 3.63) is 28.3 Å². The standard InChI is InChI=1S/C13H19Cl2NO2S/c1-3-10-6-7-12(15)11(4-2)13(10)16-19(17,18)9-5-8-14/h6-7,16H,3-5,8-9H2,1-2H3. The number of rotatable bonds is 7. The smallest absolute Gasteiger partial charge is 0.232 e. The summed E-state index contributed by atoms with van der Waals surface area (Å²) in [6.45, 7) is 3.94. The minimum Gasteiger partial charge on any atom is -0.283 e. The van der Waals surface area contributed by atoms with Crippen molar-refractivity contribution in [2.45, 2.75) is 33.1 Å². The van der Waals surface area contributed by atoms with Crippen LogP contribution in [0.3, 0.4) is 0 Å². The predicted molar refractivity (Wildman–Crippen MR) is 83.0 cm³/mol. The molecule has 0 aliphatic carbocycles. The number of hydrogen-bond donors (Lipinski definition) is 1. The van der Waals surface area contributed by atoms with E-state index < -0.39 is 10.0 Å². The highest BCUT2D eigenvalue weighted by atomic mass is 35.5. The minimum atomic E-state index is -3.37. The zero-order valence-electron chi connectivity index (χ0n) is 11.2. The summed E-state index contributed by atoms with van der Waals surface area (Å²) in [5.74, 6) is 0.354. The van der Waals surface area contributed by atoms with Crippen molar-refractivity contribution in [1.29, 1.82) is 0 Å². The fourth-order valence-electron chi connectivity index (χ4n) is 1.89. The molecule has 6 heteroatoms. The number of anilines is 1. The van der Waals surface area contributed by atoms with Crippen LogP contribution < -0.4 is 4.72 Å². The van der Waals surface area contributed by atoms with Crippen molar-refractivity contribution in [2.24, 2.45) is 0 Å². The Morgan fingerprint density at radius 1 is 1.21 bits per heavy atom. The molecule has 0 aliphatic rings. The Morgan fingerprint density at radius 2 is 1.89 bits per heavy atom. The van der Waals surface area contributed by atoms with E-state index in [0.717, 1.165) is 17.5 Å². The van der Waals surface area contributed by atoms with E-state index in [2.05, 4.69) is 4.72 Å².